The Morgan fingerprint density at radius 2 is 2.00 bits per heavy atom. The Bertz CT molecular complexity index is 802. The number of halogens is 2. The largest absolute Gasteiger partial charge is 0.457 e. The van der Waals surface area contributed by atoms with Gasteiger partial charge in [0, 0.05) is 28.1 Å². The maximum Gasteiger partial charge on any atom is 0.189 e. The van der Waals surface area contributed by atoms with E-state index in [-0.39, 0.29) is 5.78 Å². The van der Waals surface area contributed by atoms with E-state index >= 15 is 0 Å². The van der Waals surface area contributed by atoms with Gasteiger partial charge >= 0.3 is 0 Å². The predicted octanol–water partition coefficient (Wildman–Crippen LogP) is 4.18. The van der Waals surface area contributed by atoms with Gasteiger partial charge < -0.3 is 4.74 Å². The van der Waals surface area contributed by atoms with Gasteiger partial charge in [-0.1, -0.05) is 15.9 Å². The van der Waals surface area contributed by atoms with E-state index in [9.17, 15) is 13.4 Å². The average molecular weight is 399 g/mol. The predicted molar refractivity (Wildman–Crippen MR) is 86.7 cm³/mol. The van der Waals surface area contributed by atoms with Crippen molar-refractivity contribution in [3.63, 3.8) is 0 Å². The van der Waals surface area contributed by atoms with Crippen molar-refractivity contribution in [2.45, 2.75) is 17.7 Å². The smallest absolute Gasteiger partial charge is 0.189 e. The first-order chi connectivity index (χ1) is 11.0. The van der Waals surface area contributed by atoms with Crippen molar-refractivity contribution in [3.8, 4) is 11.5 Å². The van der Waals surface area contributed by atoms with E-state index in [0.717, 1.165) is 0 Å². The number of carbonyl (C=O) groups is 1. The van der Waals surface area contributed by atoms with E-state index in [1.165, 1.54) is 19.2 Å². The van der Waals surface area contributed by atoms with Crippen LogP contribution in [0.5, 0.6) is 11.5 Å². The molecule has 1 unspecified atom stereocenters. The lowest BCUT2D eigenvalue weighted by molar-refractivity contribution is 0.0991. The maximum atomic E-state index is 13.5. The molecular formula is C16H12BrFO4S. The van der Waals surface area contributed by atoms with E-state index < -0.39 is 16.9 Å². The van der Waals surface area contributed by atoms with Gasteiger partial charge in [0.15, 0.2) is 16.9 Å². The number of fused-ring (bicyclic) bond motifs is 1. The summed E-state index contributed by atoms with van der Waals surface area (Å²) in [6.45, 7) is 0. The number of rotatable bonds is 4. The lowest BCUT2D eigenvalue weighted by Crippen LogP contribution is -2.04. The Balaban J connectivity index is 2.05. The number of hydrogen-bond acceptors (Lipinski definition) is 4. The minimum Gasteiger partial charge on any atom is -0.457 e. The molecule has 0 amide bonds. The number of hydrogen-bond donors (Lipinski definition) is 0. The number of Topliss-reactive ketones (excluding diaryl/α,β-unsaturated/α-hetero) is 1. The fraction of sp³-hybridized carbons (Fsp3) is 0.188. The molecular weight excluding hydrogens is 387 g/mol. The van der Waals surface area contributed by atoms with Gasteiger partial charge in [-0.15, -0.1) is 0 Å². The molecule has 0 saturated carbocycles. The summed E-state index contributed by atoms with van der Waals surface area (Å²) >= 11 is 1.51. The summed E-state index contributed by atoms with van der Waals surface area (Å²) in [5, 5.41) is 0. The zero-order chi connectivity index (χ0) is 16.6. The molecule has 0 heterocycles. The van der Waals surface area contributed by atoms with Crippen molar-refractivity contribution in [3.05, 3.63) is 51.7 Å². The molecule has 7 heteroatoms. The van der Waals surface area contributed by atoms with Crippen molar-refractivity contribution < 1.29 is 22.3 Å². The molecule has 120 valence electrons. The van der Waals surface area contributed by atoms with E-state index in [2.05, 4.69) is 15.9 Å². The third-order valence-electron chi connectivity index (χ3n) is 3.51. The topological polar surface area (TPSA) is 52.6 Å². The fourth-order valence-electron chi connectivity index (χ4n) is 2.56. The molecule has 2 aromatic carbocycles. The third-order valence-corrected chi connectivity index (χ3v) is 4.97. The summed E-state index contributed by atoms with van der Waals surface area (Å²) in [6, 6.07) is 7.39. The van der Waals surface area contributed by atoms with Crippen LogP contribution in [0.15, 0.2) is 39.7 Å². The Kier molecular flexibility index (Phi) is 4.61. The van der Waals surface area contributed by atoms with Gasteiger partial charge in [-0.2, -0.15) is 0 Å². The Hall–Kier alpha value is -1.57. The van der Waals surface area contributed by atoms with Gasteiger partial charge in [-0.25, -0.2) is 8.60 Å². The van der Waals surface area contributed by atoms with Crippen LogP contribution in [0.4, 0.5) is 4.39 Å². The first-order valence-corrected chi connectivity index (χ1v) is 8.65. The highest BCUT2D eigenvalue weighted by atomic mass is 79.9. The zero-order valence-corrected chi connectivity index (χ0v) is 14.5. The standard InChI is InChI=1S/C16H12BrFO4S/c1-21-23(20)15-5-4-14(12-2-3-13(19)16(12)15)22-11-7-9(17)6-10(18)8-11/h4-8H,2-3H2,1H3. The summed E-state index contributed by atoms with van der Waals surface area (Å²) in [5.41, 5.74) is 1.07. The quantitative estimate of drug-likeness (QED) is 0.774. The number of benzene rings is 2. The molecule has 1 atom stereocenters. The molecule has 0 saturated heterocycles. The molecule has 0 radical (unpaired) electrons. The van der Waals surface area contributed by atoms with Crippen LogP contribution in [-0.2, 0) is 21.7 Å². The van der Waals surface area contributed by atoms with Crippen LogP contribution < -0.4 is 4.74 Å². The summed E-state index contributed by atoms with van der Waals surface area (Å²) in [7, 11) is 1.32. The molecule has 23 heavy (non-hydrogen) atoms. The van der Waals surface area contributed by atoms with E-state index in [0.29, 0.717) is 44.8 Å². The lowest BCUT2D eigenvalue weighted by atomic mass is 10.1. The Morgan fingerprint density at radius 1 is 1.22 bits per heavy atom. The van der Waals surface area contributed by atoms with Gasteiger partial charge in [0.25, 0.3) is 0 Å². The molecule has 1 aliphatic rings. The highest BCUT2D eigenvalue weighted by molar-refractivity contribution is 9.10. The molecule has 0 bridgehead atoms. The van der Waals surface area contributed by atoms with Crippen molar-refractivity contribution in [1.82, 2.24) is 0 Å². The maximum absolute atomic E-state index is 13.5. The third kappa shape index (κ3) is 3.22. The average Bonchev–Trinajstić information content (AvgIpc) is 2.89. The Morgan fingerprint density at radius 3 is 2.70 bits per heavy atom. The van der Waals surface area contributed by atoms with Crippen LogP contribution in [0, 0.1) is 5.82 Å². The van der Waals surface area contributed by atoms with Crippen molar-refractivity contribution >= 4 is 32.8 Å². The Labute approximate surface area is 143 Å². The van der Waals surface area contributed by atoms with Gasteiger partial charge in [0.1, 0.15) is 17.3 Å². The number of carbonyl (C=O) groups excluding carboxylic acids is 1. The first-order valence-electron chi connectivity index (χ1n) is 6.79. The zero-order valence-electron chi connectivity index (χ0n) is 12.1. The van der Waals surface area contributed by atoms with E-state index in [4.69, 9.17) is 8.92 Å². The van der Waals surface area contributed by atoms with Crippen molar-refractivity contribution in [2.75, 3.05) is 7.11 Å². The molecule has 0 aliphatic heterocycles. The molecule has 2 aromatic rings. The first kappa shape index (κ1) is 16.3. The molecule has 3 rings (SSSR count). The molecule has 1 aliphatic carbocycles. The van der Waals surface area contributed by atoms with Crippen LogP contribution in [0.1, 0.15) is 22.3 Å². The SMILES string of the molecule is COS(=O)c1ccc(Oc2cc(F)cc(Br)c2)c2c1C(=O)CC2. The lowest BCUT2D eigenvalue weighted by Gasteiger charge is -2.13. The second-order valence-corrected chi connectivity index (χ2v) is 7.11. The van der Waals surface area contributed by atoms with Gasteiger partial charge in [0.2, 0.25) is 0 Å². The van der Waals surface area contributed by atoms with Crippen molar-refractivity contribution in [2.24, 2.45) is 0 Å². The fourth-order valence-corrected chi connectivity index (χ4v) is 3.77. The number of ketones is 1. The minimum absolute atomic E-state index is 0.0914. The van der Waals surface area contributed by atoms with Crippen molar-refractivity contribution in [1.29, 1.82) is 0 Å². The van der Waals surface area contributed by atoms with Gasteiger partial charge in [-0.05, 0) is 30.7 Å². The van der Waals surface area contributed by atoms with E-state index in [1.54, 1.807) is 18.2 Å². The molecule has 0 aromatic heterocycles. The second kappa shape index (κ2) is 6.51. The van der Waals surface area contributed by atoms with Crippen LogP contribution >= 0.6 is 15.9 Å². The van der Waals surface area contributed by atoms with Crippen LogP contribution in [-0.4, -0.2) is 17.1 Å². The molecule has 0 N–H and O–H groups in total. The molecule has 4 nitrogen and oxygen atoms in total. The number of ether oxygens (including phenoxy) is 1. The highest BCUT2D eigenvalue weighted by Crippen LogP contribution is 2.37. The van der Waals surface area contributed by atoms with Crippen LogP contribution in [0.3, 0.4) is 0 Å². The van der Waals surface area contributed by atoms with Crippen LogP contribution in [0.2, 0.25) is 0 Å². The normalized spacial score (nSPS) is 14.7. The summed E-state index contributed by atoms with van der Waals surface area (Å²) in [5.74, 6) is 0.254. The summed E-state index contributed by atoms with van der Waals surface area (Å²) in [6.07, 6.45) is 0.825. The minimum atomic E-state index is -1.70. The second-order valence-electron chi connectivity index (χ2n) is 4.95. The van der Waals surface area contributed by atoms with E-state index in [1.807, 2.05) is 0 Å². The molecule has 0 spiro atoms. The summed E-state index contributed by atoms with van der Waals surface area (Å²) < 4.78 is 36.5. The summed E-state index contributed by atoms with van der Waals surface area (Å²) in [4.78, 5) is 12.5. The van der Waals surface area contributed by atoms with Crippen LogP contribution in [0.25, 0.3) is 0 Å². The van der Waals surface area contributed by atoms with Gasteiger partial charge in [-0.3, -0.25) is 8.98 Å². The monoisotopic (exact) mass is 398 g/mol. The molecule has 0 fully saturated rings. The van der Waals surface area contributed by atoms with Gasteiger partial charge in [0.05, 0.1) is 12.0 Å². The highest BCUT2D eigenvalue weighted by Gasteiger charge is 2.29.